The van der Waals surface area contributed by atoms with E-state index in [4.69, 9.17) is 0 Å². The summed E-state index contributed by atoms with van der Waals surface area (Å²) in [7, 11) is -0.978. The lowest BCUT2D eigenvalue weighted by Gasteiger charge is -2.40. The van der Waals surface area contributed by atoms with Crippen molar-refractivity contribution >= 4 is 15.8 Å². The van der Waals surface area contributed by atoms with E-state index in [9.17, 15) is 8.42 Å². The van der Waals surface area contributed by atoms with Gasteiger partial charge in [-0.3, -0.25) is 14.8 Å². The van der Waals surface area contributed by atoms with Gasteiger partial charge in [0.1, 0.15) is 0 Å². The molecule has 162 valence electrons. The van der Waals surface area contributed by atoms with E-state index >= 15 is 0 Å². The lowest BCUT2D eigenvalue weighted by molar-refractivity contribution is 0.127. The summed E-state index contributed by atoms with van der Waals surface area (Å²) in [6.45, 7) is 9.15. The second kappa shape index (κ2) is 10.4. The summed E-state index contributed by atoms with van der Waals surface area (Å²) < 4.78 is 23.1. The zero-order valence-electron chi connectivity index (χ0n) is 17.8. The lowest BCUT2D eigenvalue weighted by atomic mass is 10.0. The van der Waals surface area contributed by atoms with E-state index in [0.29, 0.717) is 19.1 Å². The molecule has 8 heteroatoms. The highest BCUT2D eigenvalue weighted by atomic mass is 32.2. The average molecular weight is 422 g/mol. The Morgan fingerprint density at radius 2 is 1.72 bits per heavy atom. The number of rotatable bonds is 6. The van der Waals surface area contributed by atoms with Gasteiger partial charge >= 0.3 is 0 Å². The van der Waals surface area contributed by atoms with Crippen molar-refractivity contribution in [2.45, 2.75) is 19.4 Å². The average Bonchev–Trinajstić information content (AvgIpc) is 2.74. The van der Waals surface area contributed by atoms with Crippen molar-refractivity contribution in [1.29, 1.82) is 0 Å². The molecule has 7 nitrogen and oxygen atoms in total. The zero-order valence-corrected chi connectivity index (χ0v) is 18.6. The van der Waals surface area contributed by atoms with Crippen LogP contribution in [0, 0.1) is 0 Å². The number of aliphatic imine (C=N–C) groups is 1. The fourth-order valence-corrected chi connectivity index (χ4v) is 5.53. The molecule has 0 saturated carbocycles. The van der Waals surface area contributed by atoms with Crippen molar-refractivity contribution in [3.8, 4) is 0 Å². The van der Waals surface area contributed by atoms with Gasteiger partial charge in [-0.25, -0.2) is 8.42 Å². The van der Waals surface area contributed by atoms with Gasteiger partial charge in [0, 0.05) is 65.4 Å². The van der Waals surface area contributed by atoms with Crippen LogP contribution in [0.1, 0.15) is 24.9 Å². The second-order valence-corrected chi connectivity index (χ2v) is 10.1. The van der Waals surface area contributed by atoms with Crippen LogP contribution in [0.2, 0.25) is 0 Å². The minimum atomic E-state index is -2.81. The topological polar surface area (TPSA) is 68.2 Å². The monoisotopic (exact) mass is 421 g/mol. The van der Waals surface area contributed by atoms with Crippen LogP contribution >= 0.6 is 0 Å². The summed E-state index contributed by atoms with van der Waals surface area (Å²) in [6, 6.07) is 11.3. The highest BCUT2D eigenvalue weighted by Gasteiger charge is 2.25. The first kappa shape index (κ1) is 22.1. The van der Waals surface area contributed by atoms with E-state index in [0.717, 1.165) is 51.6 Å². The fraction of sp³-hybridized carbons (Fsp3) is 0.667. The predicted molar refractivity (Wildman–Crippen MR) is 119 cm³/mol. The van der Waals surface area contributed by atoms with Crippen molar-refractivity contribution in [3.63, 3.8) is 0 Å². The number of sulfone groups is 1. The molecule has 2 aliphatic heterocycles. The van der Waals surface area contributed by atoms with E-state index in [2.05, 4.69) is 62.3 Å². The maximum Gasteiger partial charge on any atom is 0.193 e. The highest BCUT2D eigenvalue weighted by Crippen LogP contribution is 2.25. The molecule has 1 N–H and O–H groups in total. The molecule has 0 spiro atoms. The third-order valence-corrected chi connectivity index (χ3v) is 7.59. The maximum absolute atomic E-state index is 11.5. The molecule has 2 saturated heterocycles. The standard InChI is InChI=1S/C21H35N5O2S/c1-3-20(19-7-5-4-6-8-19)25-11-13-26(14-12-25)21(22-2)23-9-10-24-15-17-29(27,28)18-16-24/h4-8,20H,3,9-18H2,1-2H3,(H,22,23). The molecule has 0 bridgehead atoms. The lowest BCUT2D eigenvalue weighted by Crippen LogP contribution is -2.54. The molecular weight excluding hydrogens is 386 g/mol. The van der Waals surface area contributed by atoms with Crippen LogP contribution in [-0.4, -0.2) is 100.0 Å². The largest absolute Gasteiger partial charge is 0.355 e. The van der Waals surface area contributed by atoms with Gasteiger partial charge in [0.05, 0.1) is 11.5 Å². The molecule has 2 fully saturated rings. The van der Waals surface area contributed by atoms with Gasteiger partial charge in [0.25, 0.3) is 0 Å². The predicted octanol–water partition coefficient (Wildman–Crippen LogP) is 1.06. The van der Waals surface area contributed by atoms with E-state index in [1.165, 1.54) is 5.56 Å². The molecule has 29 heavy (non-hydrogen) atoms. The van der Waals surface area contributed by atoms with Crippen LogP contribution in [-0.2, 0) is 9.84 Å². The molecular formula is C21H35N5O2S. The summed E-state index contributed by atoms with van der Waals surface area (Å²) in [5, 5.41) is 3.46. The van der Waals surface area contributed by atoms with Gasteiger partial charge in [0.2, 0.25) is 0 Å². The minimum Gasteiger partial charge on any atom is -0.355 e. The Balaban J connectivity index is 1.44. The third kappa shape index (κ3) is 6.17. The van der Waals surface area contributed by atoms with Crippen LogP contribution in [0.15, 0.2) is 35.3 Å². The molecule has 1 atom stereocenters. The first-order valence-electron chi connectivity index (χ1n) is 10.7. The van der Waals surface area contributed by atoms with E-state index in [-0.39, 0.29) is 11.5 Å². The summed E-state index contributed by atoms with van der Waals surface area (Å²) in [4.78, 5) is 11.6. The number of benzene rings is 1. The molecule has 0 radical (unpaired) electrons. The van der Waals surface area contributed by atoms with Crippen LogP contribution in [0.4, 0.5) is 0 Å². The van der Waals surface area contributed by atoms with Gasteiger partial charge in [-0.15, -0.1) is 0 Å². The zero-order chi connectivity index (χ0) is 20.7. The second-order valence-electron chi connectivity index (χ2n) is 7.83. The maximum atomic E-state index is 11.5. The number of hydrogen-bond donors (Lipinski definition) is 1. The Morgan fingerprint density at radius 3 is 2.31 bits per heavy atom. The number of nitrogens with one attached hydrogen (secondary N) is 1. The molecule has 1 aromatic carbocycles. The Labute approximate surface area is 175 Å². The SMILES string of the molecule is CCC(c1ccccc1)N1CCN(C(=NC)NCCN2CCS(=O)(=O)CC2)CC1. The normalized spacial score (nSPS) is 22.4. The van der Waals surface area contributed by atoms with Crippen molar-refractivity contribution in [2.24, 2.45) is 4.99 Å². The molecule has 2 heterocycles. The first-order chi connectivity index (χ1) is 14.0. The van der Waals surface area contributed by atoms with Crippen LogP contribution < -0.4 is 5.32 Å². The van der Waals surface area contributed by atoms with Crippen molar-refractivity contribution in [3.05, 3.63) is 35.9 Å². The molecule has 1 aromatic rings. The van der Waals surface area contributed by atoms with Gasteiger partial charge in [-0.1, -0.05) is 37.3 Å². The number of hydrogen-bond acceptors (Lipinski definition) is 5. The quantitative estimate of drug-likeness (QED) is 0.547. The molecule has 2 aliphatic rings. The molecule has 0 amide bonds. The van der Waals surface area contributed by atoms with E-state index in [1.807, 2.05) is 7.05 Å². The number of piperazine rings is 1. The van der Waals surface area contributed by atoms with Gasteiger partial charge in [-0.2, -0.15) is 0 Å². The third-order valence-electron chi connectivity index (χ3n) is 5.99. The van der Waals surface area contributed by atoms with Gasteiger partial charge in [-0.05, 0) is 12.0 Å². The van der Waals surface area contributed by atoms with Gasteiger partial charge in [0.15, 0.2) is 15.8 Å². The molecule has 0 aliphatic carbocycles. The van der Waals surface area contributed by atoms with Crippen LogP contribution in [0.3, 0.4) is 0 Å². The summed E-state index contributed by atoms with van der Waals surface area (Å²) in [5.41, 5.74) is 1.40. The molecule has 3 rings (SSSR count). The van der Waals surface area contributed by atoms with Crippen molar-refractivity contribution < 1.29 is 8.42 Å². The Bertz CT molecular complexity index is 747. The smallest absolute Gasteiger partial charge is 0.193 e. The van der Waals surface area contributed by atoms with Gasteiger partial charge < -0.3 is 10.2 Å². The first-order valence-corrected chi connectivity index (χ1v) is 12.5. The molecule has 1 unspecified atom stereocenters. The number of nitrogens with zero attached hydrogens (tertiary/aromatic N) is 4. The van der Waals surface area contributed by atoms with E-state index in [1.54, 1.807) is 0 Å². The summed E-state index contributed by atoms with van der Waals surface area (Å²) in [5.74, 6) is 1.51. The molecule has 0 aromatic heterocycles. The fourth-order valence-electron chi connectivity index (χ4n) is 4.26. The highest BCUT2D eigenvalue weighted by molar-refractivity contribution is 7.91. The number of guanidine groups is 1. The Hall–Kier alpha value is -1.64. The van der Waals surface area contributed by atoms with Crippen LogP contribution in [0.25, 0.3) is 0 Å². The summed E-state index contributed by atoms with van der Waals surface area (Å²) >= 11 is 0. The summed E-state index contributed by atoms with van der Waals surface area (Å²) in [6.07, 6.45) is 1.11. The minimum absolute atomic E-state index is 0.281. The van der Waals surface area contributed by atoms with Crippen molar-refractivity contribution in [1.82, 2.24) is 20.0 Å². The van der Waals surface area contributed by atoms with E-state index < -0.39 is 9.84 Å². The van der Waals surface area contributed by atoms with Crippen LogP contribution in [0.5, 0.6) is 0 Å². The Kier molecular flexibility index (Phi) is 7.91. The van der Waals surface area contributed by atoms with Crippen molar-refractivity contribution in [2.75, 3.05) is 70.9 Å². The Morgan fingerprint density at radius 1 is 1.07 bits per heavy atom.